The van der Waals surface area contributed by atoms with Crippen molar-refractivity contribution in [1.29, 1.82) is 0 Å². The van der Waals surface area contributed by atoms with Crippen molar-refractivity contribution in [3.05, 3.63) is 22.3 Å². The van der Waals surface area contributed by atoms with Gasteiger partial charge in [-0.15, -0.1) is 11.3 Å². The number of esters is 1. The van der Waals surface area contributed by atoms with E-state index in [0.29, 0.717) is 4.90 Å². The van der Waals surface area contributed by atoms with Gasteiger partial charge in [-0.2, -0.15) is 12.6 Å². The van der Waals surface area contributed by atoms with Gasteiger partial charge in [0.25, 0.3) is 11.8 Å². The number of thiazole rings is 1. The summed E-state index contributed by atoms with van der Waals surface area (Å²) in [6, 6.07) is -1.25. The number of hydrogen-bond donors (Lipinski definition) is 4. The maximum atomic E-state index is 12.6. The summed E-state index contributed by atoms with van der Waals surface area (Å²) in [6.45, 7) is 0.414. The van der Waals surface area contributed by atoms with Gasteiger partial charge < -0.3 is 25.7 Å². The fourth-order valence-corrected chi connectivity index (χ4v) is 3.47. The smallest absolute Gasteiger partial charge is 0.353 e. The summed E-state index contributed by atoms with van der Waals surface area (Å²) in [6.07, 6.45) is 0.155. The zero-order chi connectivity index (χ0) is 23.3. The average molecular weight is 471 g/mol. The number of aldehydes is 1. The molecule has 166 valence electrons. The number of anilines is 1. The minimum absolute atomic E-state index is 0.108. The van der Waals surface area contributed by atoms with E-state index in [-0.39, 0.29) is 22.8 Å². The molecule has 0 saturated carbocycles. The minimum atomic E-state index is -1.62. The van der Waals surface area contributed by atoms with E-state index in [1.54, 1.807) is 0 Å². The number of β-lactam (4-membered cyclic amide) rings is 1. The number of likely N-dealkylation sites (tertiary alicyclic amines) is 1. The van der Waals surface area contributed by atoms with Crippen LogP contribution in [0.15, 0.2) is 21.8 Å². The zero-order valence-electron chi connectivity index (χ0n) is 16.1. The lowest BCUT2D eigenvalue weighted by Gasteiger charge is -2.44. The van der Waals surface area contributed by atoms with Gasteiger partial charge in [-0.1, -0.05) is 5.16 Å². The second-order valence-electron chi connectivity index (χ2n) is 5.84. The second-order valence-corrected chi connectivity index (χ2v) is 7.26. The molecule has 4 N–H and O–H groups in total. The number of nitrogens with one attached hydrogen (secondary N) is 1. The van der Waals surface area contributed by atoms with Crippen LogP contribution in [0.3, 0.4) is 0 Å². The maximum absolute atomic E-state index is 12.6. The molecule has 1 aromatic heterocycles. The van der Waals surface area contributed by atoms with E-state index in [4.69, 9.17) is 5.73 Å². The van der Waals surface area contributed by atoms with Gasteiger partial charge in [-0.3, -0.25) is 24.1 Å². The van der Waals surface area contributed by atoms with Gasteiger partial charge in [0, 0.05) is 12.3 Å². The third-order valence-electron chi connectivity index (χ3n) is 3.84. The lowest BCUT2D eigenvalue weighted by molar-refractivity contribution is -0.150. The normalized spacial score (nSPS) is 19.1. The molecule has 1 saturated heterocycles. The monoisotopic (exact) mass is 471 g/mol. The van der Waals surface area contributed by atoms with E-state index in [1.165, 1.54) is 12.5 Å². The Morgan fingerprint density at radius 3 is 2.61 bits per heavy atom. The maximum Gasteiger partial charge on any atom is 0.353 e. The van der Waals surface area contributed by atoms with Crippen LogP contribution in [-0.4, -0.2) is 75.9 Å². The number of carbonyl (C=O) groups excluding carboxylic acids is 4. The predicted molar refractivity (Wildman–Crippen MR) is 109 cm³/mol. The minimum Gasteiger partial charge on any atom is -0.477 e. The number of carboxylic acids is 1. The first-order chi connectivity index (χ1) is 14.6. The largest absolute Gasteiger partial charge is 0.477 e. The summed E-state index contributed by atoms with van der Waals surface area (Å²) in [5, 5.41) is 15.9. The number of nitrogens with zero attached hydrogens (tertiary/aromatic N) is 3. The summed E-state index contributed by atoms with van der Waals surface area (Å²) in [4.78, 5) is 68.3. The van der Waals surface area contributed by atoms with Crippen LogP contribution in [0.4, 0.5) is 5.13 Å². The fourth-order valence-electron chi connectivity index (χ4n) is 2.49. The van der Waals surface area contributed by atoms with Gasteiger partial charge in [0.1, 0.15) is 36.5 Å². The van der Waals surface area contributed by atoms with Crippen molar-refractivity contribution in [2.75, 3.05) is 19.5 Å². The van der Waals surface area contributed by atoms with Gasteiger partial charge in [-0.05, 0) is 0 Å². The number of carboxylic acid groups (broad SMARTS) is 1. The molecule has 2 atom stereocenters. The third kappa shape index (κ3) is 5.18. The first-order valence-corrected chi connectivity index (χ1v) is 9.71. The number of rotatable bonds is 9. The second kappa shape index (κ2) is 10.0. The van der Waals surface area contributed by atoms with Gasteiger partial charge in [-0.25, -0.2) is 9.78 Å². The highest BCUT2D eigenvalue weighted by molar-refractivity contribution is 7.81. The van der Waals surface area contributed by atoms with Crippen molar-refractivity contribution >= 4 is 64.8 Å². The van der Waals surface area contributed by atoms with Crippen molar-refractivity contribution in [3.8, 4) is 0 Å². The number of ether oxygens (including phenoxy) is 1. The molecule has 1 aliphatic rings. The quantitative estimate of drug-likeness (QED) is 0.0644. The van der Waals surface area contributed by atoms with E-state index < -0.39 is 53.0 Å². The first-order valence-electron chi connectivity index (χ1n) is 8.31. The van der Waals surface area contributed by atoms with Gasteiger partial charge in [0.2, 0.25) is 0 Å². The highest BCUT2D eigenvalue weighted by Crippen LogP contribution is 2.30. The molecular formula is C16H17N5O8S2. The molecule has 1 aliphatic heterocycles. The number of hydrogen-bond acceptors (Lipinski definition) is 12. The van der Waals surface area contributed by atoms with Crippen LogP contribution in [0, 0.1) is 0 Å². The van der Waals surface area contributed by atoms with Crippen LogP contribution in [0.2, 0.25) is 0 Å². The lowest BCUT2D eigenvalue weighted by atomic mass is 10.0. The predicted octanol–water partition coefficient (Wildman–Crippen LogP) is -1.24. The van der Waals surface area contributed by atoms with E-state index >= 15 is 0 Å². The Morgan fingerprint density at radius 1 is 1.48 bits per heavy atom. The Morgan fingerprint density at radius 2 is 2.16 bits per heavy atom. The lowest BCUT2D eigenvalue weighted by Crippen LogP contribution is -2.69. The summed E-state index contributed by atoms with van der Waals surface area (Å²) >= 11 is 5.22. The standard InChI is InChI=1S/C16H17N5O8S2/c1-6(23)29-4-7(3-22)11(15(26)27)21-13(25)10(14(21)30)19-12(24)9(20-28-2)8-5-31-16(17)18-8/h3,5,10,14,30H,4H2,1-2H3,(H2,17,18)(H,19,24)(H,26,27)/b11-7?,20-9-/t10-,14-/m1/s1. The molecule has 2 rings (SSSR count). The van der Waals surface area contributed by atoms with E-state index in [1.807, 2.05) is 0 Å². The number of nitrogen functional groups attached to an aromatic ring is 1. The fraction of sp³-hybridized carbons (Fsp3) is 0.312. The molecule has 0 unspecified atom stereocenters. The molecule has 31 heavy (non-hydrogen) atoms. The highest BCUT2D eigenvalue weighted by atomic mass is 32.1. The number of nitrogens with two attached hydrogens (primary N) is 1. The molecule has 1 aromatic rings. The Labute approximate surface area is 184 Å². The van der Waals surface area contributed by atoms with Crippen LogP contribution < -0.4 is 11.1 Å². The Balaban J connectivity index is 2.23. The van der Waals surface area contributed by atoms with Crippen molar-refractivity contribution < 1.29 is 38.7 Å². The molecule has 0 aromatic carbocycles. The molecule has 1 fully saturated rings. The molecule has 0 bridgehead atoms. The van der Waals surface area contributed by atoms with Gasteiger partial charge >= 0.3 is 11.9 Å². The number of thiol groups is 1. The van der Waals surface area contributed by atoms with Crippen LogP contribution in [-0.2, 0) is 33.5 Å². The van der Waals surface area contributed by atoms with Crippen molar-refractivity contribution in [2.24, 2.45) is 5.16 Å². The SMILES string of the molecule is CO/N=C(\C(=O)N[C@@H]1C(=O)N(C(C(=O)O)=C(C=O)COC(C)=O)[C@@H]1S)c1csc(N)n1. The zero-order valence-corrected chi connectivity index (χ0v) is 17.8. The highest BCUT2D eigenvalue weighted by Gasteiger charge is 2.50. The Kier molecular flexibility index (Phi) is 7.71. The molecule has 2 amide bonds. The summed E-state index contributed by atoms with van der Waals surface area (Å²) in [5.41, 5.74) is 4.21. The van der Waals surface area contributed by atoms with E-state index in [0.717, 1.165) is 18.3 Å². The number of aromatic nitrogens is 1. The number of aliphatic carboxylic acids is 1. The molecule has 13 nitrogen and oxygen atoms in total. The number of amides is 2. The van der Waals surface area contributed by atoms with Crippen LogP contribution in [0.1, 0.15) is 12.6 Å². The molecule has 0 radical (unpaired) electrons. The Hall–Kier alpha value is -3.46. The summed E-state index contributed by atoms with van der Waals surface area (Å²) < 4.78 is 4.65. The van der Waals surface area contributed by atoms with Crippen molar-refractivity contribution in [2.45, 2.75) is 18.3 Å². The molecular weight excluding hydrogens is 454 g/mol. The molecule has 0 spiro atoms. The molecule has 15 heteroatoms. The van der Waals surface area contributed by atoms with Crippen LogP contribution in [0.25, 0.3) is 0 Å². The average Bonchev–Trinajstić information content (AvgIpc) is 3.14. The van der Waals surface area contributed by atoms with Crippen molar-refractivity contribution in [1.82, 2.24) is 15.2 Å². The number of oxime groups is 1. The molecule has 0 aliphatic carbocycles. The van der Waals surface area contributed by atoms with E-state index in [2.05, 4.69) is 37.7 Å². The summed E-state index contributed by atoms with van der Waals surface area (Å²) in [7, 11) is 1.20. The van der Waals surface area contributed by atoms with Gasteiger partial charge in [0.05, 0.1) is 5.57 Å². The van der Waals surface area contributed by atoms with Crippen molar-refractivity contribution in [3.63, 3.8) is 0 Å². The van der Waals surface area contributed by atoms with Crippen LogP contribution in [0.5, 0.6) is 0 Å². The van der Waals surface area contributed by atoms with E-state index in [9.17, 15) is 29.1 Å². The number of carbonyl (C=O) groups is 5. The topological polar surface area (TPSA) is 191 Å². The third-order valence-corrected chi connectivity index (χ3v) is 5.04. The first kappa shape index (κ1) is 23.8. The molecule has 2 heterocycles. The van der Waals surface area contributed by atoms with Gasteiger partial charge in [0.15, 0.2) is 17.1 Å². The van der Waals surface area contributed by atoms with Crippen LogP contribution >= 0.6 is 24.0 Å². The summed E-state index contributed by atoms with van der Waals surface area (Å²) in [5.74, 6) is -4.08. The Bertz CT molecular complexity index is 988.